The molecule has 108 valence electrons. The molecule has 0 unspecified atom stereocenters. The van der Waals surface area contributed by atoms with E-state index in [9.17, 15) is 0 Å². The zero-order valence-electron chi connectivity index (χ0n) is 12.2. The van der Waals surface area contributed by atoms with E-state index in [1.807, 2.05) is 49.8 Å². The van der Waals surface area contributed by atoms with Crippen LogP contribution in [-0.2, 0) is 7.05 Å². The van der Waals surface area contributed by atoms with Gasteiger partial charge < -0.3 is 0 Å². The minimum absolute atomic E-state index is 0.886. The molecule has 0 aliphatic carbocycles. The van der Waals surface area contributed by atoms with Crippen LogP contribution in [-0.4, -0.2) is 25.0 Å². The van der Waals surface area contributed by atoms with Crippen LogP contribution in [0.2, 0.25) is 0 Å². The van der Waals surface area contributed by atoms with Gasteiger partial charge in [0.2, 0.25) is 0 Å². The monoisotopic (exact) mass is 307 g/mol. The van der Waals surface area contributed by atoms with Crippen LogP contribution in [0.3, 0.4) is 0 Å². The van der Waals surface area contributed by atoms with Crippen molar-refractivity contribution < 1.29 is 0 Å². The molecule has 3 aromatic heterocycles. The number of thiazole rings is 1. The molecule has 0 fully saturated rings. The summed E-state index contributed by atoms with van der Waals surface area (Å²) in [6.07, 6.45) is 0. The fraction of sp³-hybridized carbons (Fsp3) is 0.125. The van der Waals surface area contributed by atoms with Gasteiger partial charge in [-0.05, 0) is 31.2 Å². The SMILES string of the molecule is Cc1cccc(-c2scnc2-c2ccc3nnn(C)c3c2)n1. The first kappa shape index (κ1) is 13.1. The van der Waals surface area contributed by atoms with Gasteiger partial charge in [0.1, 0.15) is 5.52 Å². The van der Waals surface area contributed by atoms with E-state index in [0.29, 0.717) is 0 Å². The highest BCUT2D eigenvalue weighted by Gasteiger charge is 2.13. The summed E-state index contributed by atoms with van der Waals surface area (Å²) in [5.74, 6) is 0. The standard InChI is InChI=1S/C16H13N5S/c1-10-4-3-5-13(18-10)16-15(17-9-22-16)11-6-7-12-14(8-11)21(2)20-19-12/h3-9H,1-2H3. The molecular weight excluding hydrogens is 294 g/mol. The van der Waals surface area contributed by atoms with Crippen molar-refractivity contribution in [3.63, 3.8) is 0 Å². The average Bonchev–Trinajstić information content (AvgIpc) is 3.14. The Kier molecular flexibility index (Phi) is 2.97. The summed E-state index contributed by atoms with van der Waals surface area (Å²) in [5.41, 5.74) is 7.71. The third-order valence-electron chi connectivity index (χ3n) is 3.57. The minimum atomic E-state index is 0.886. The fourth-order valence-corrected chi connectivity index (χ4v) is 3.26. The van der Waals surface area contributed by atoms with Crippen molar-refractivity contribution in [3.05, 3.63) is 47.6 Å². The van der Waals surface area contributed by atoms with Gasteiger partial charge in [0.05, 0.1) is 27.3 Å². The van der Waals surface area contributed by atoms with Gasteiger partial charge in [-0.2, -0.15) is 0 Å². The summed E-state index contributed by atoms with van der Waals surface area (Å²) in [5, 5.41) is 8.16. The molecule has 0 atom stereocenters. The van der Waals surface area contributed by atoms with Crippen LogP contribution in [0, 0.1) is 6.92 Å². The van der Waals surface area contributed by atoms with Gasteiger partial charge in [0.25, 0.3) is 0 Å². The summed E-state index contributed by atoms with van der Waals surface area (Å²) in [7, 11) is 1.89. The molecule has 0 saturated heterocycles. The maximum absolute atomic E-state index is 4.61. The van der Waals surface area contributed by atoms with Crippen molar-refractivity contribution in [1.29, 1.82) is 0 Å². The summed E-state index contributed by atoms with van der Waals surface area (Å²) in [6, 6.07) is 12.1. The third-order valence-corrected chi connectivity index (χ3v) is 4.42. The summed E-state index contributed by atoms with van der Waals surface area (Å²) in [4.78, 5) is 10.2. The van der Waals surface area contributed by atoms with Crippen molar-refractivity contribution in [2.45, 2.75) is 6.92 Å². The van der Waals surface area contributed by atoms with Gasteiger partial charge in [-0.1, -0.05) is 17.3 Å². The first-order valence-electron chi connectivity index (χ1n) is 6.90. The van der Waals surface area contributed by atoms with Crippen LogP contribution < -0.4 is 0 Å². The van der Waals surface area contributed by atoms with E-state index in [1.54, 1.807) is 16.0 Å². The second kappa shape index (κ2) is 4.99. The number of pyridine rings is 1. The quantitative estimate of drug-likeness (QED) is 0.569. The molecule has 4 rings (SSSR count). The van der Waals surface area contributed by atoms with Crippen molar-refractivity contribution in [2.24, 2.45) is 7.05 Å². The third kappa shape index (κ3) is 2.08. The molecule has 0 N–H and O–H groups in total. The Balaban J connectivity index is 1.89. The number of aromatic nitrogens is 5. The molecule has 0 radical (unpaired) electrons. The van der Waals surface area contributed by atoms with Crippen molar-refractivity contribution in [2.75, 3.05) is 0 Å². The number of nitrogens with zero attached hydrogens (tertiary/aromatic N) is 5. The normalized spacial score (nSPS) is 11.2. The second-order valence-corrected chi connectivity index (χ2v) is 5.97. The Labute approximate surface area is 131 Å². The summed E-state index contributed by atoms with van der Waals surface area (Å²) >= 11 is 1.61. The lowest BCUT2D eigenvalue weighted by Crippen LogP contribution is -1.90. The van der Waals surface area contributed by atoms with Crippen molar-refractivity contribution >= 4 is 22.4 Å². The average molecular weight is 307 g/mol. The number of benzene rings is 1. The molecule has 3 heterocycles. The Bertz CT molecular complexity index is 970. The molecule has 0 saturated carbocycles. The molecule has 22 heavy (non-hydrogen) atoms. The Hall–Kier alpha value is -2.60. The number of hydrogen-bond donors (Lipinski definition) is 0. The van der Waals surface area contributed by atoms with E-state index in [0.717, 1.165) is 38.6 Å². The van der Waals surface area contributed by atoms with Gasteiger partial charge in [0, 0.05) is 18.3 Å². The maximum Gasteiger partial charge on any atom is 0.113 e. The van der Waals surface area contributed by atoms with Crippen LogP contribution in [0.15, 0.2) is 41.9 Å². The second-order valence-electron chi connectivity index (χ2n) is 5.11. The van der Waals surface area contributed by atoms with Gasteiger partial charge in [0.15, 0.2) is 0 Å². The first-order valence-corrected chi connectivity index (χ1v) is 7.77. The molecule has 0 aliphatic heterocycles. The van der Waals surface area contributed by atoms with Crippen LogP contribution in [0.25, 0.3) is 32.9 Å². The zero-order chi connectivity index (χ0) is 15.1. The minimum Gasteiger partial charge on any atom is -0.252 e. The summed E-state index contributed by atoms with van der Waals surface area (Å²) in [6.45, 7) is 2.00. The molecule has 4 aromatic rings. The molecule has 0 bridgehead atoms. The number of hydrogen-bond acceptors (Lipinski definition) is 5. The predicted octanol–water partition coefficient (Wildman–Crippen LogP) is 3.46. The van der Waals surface area contributed by atoms with Crippen molar-refractivity contribution in [3.8, 4) is 21.8 Å². The maximum atomic E-state index is 4.61. The lowest BCUT2D eigenvalue weighted by atomic mass is 10.1. The van der Waals surface area contributed by atoms with E-state index in [1.165, 1.54) is 0 Å². The van der Waals surface area contributed by atoms with Gasteiger partial charge in [-0.3, -0.25) is 4.98 Å². The number of aryl methyl sites for hydroxylation is 2. The topological polar surface area (TPSA) is 56.5 Å². The fourth-order valence-electron chi connectivity index (χ4n) is 2.48. The molecule has 0 aliphatic rings. The van der Waals surface area contributed by atoms with E-state index in [4.69, 9.17) is 0 Å². The molecule has 6 heteroatoms. The lowest BCUT2D eigenvalue weighted by Gasteiger charge is -2.04. The van der Waals surface area contributed by atoms with Crippen LogP contribution in [0.4, 0.5) is 0 Å². The van der Waals surface area contributed by atoms with E-state index >= 15 is 0 Å². The van der Waals surface area contributed by atoms with Gasteiger partial charge >= 0.3 is 0 Å². The van der Waals surface area contributed by atoms with E-state index < -0.39 is 0 Å². The van der Waals surface area contributed by atoms with Crippen LogP contribution >= 0.6 is 11.3 Å². The highest BCUT2D eigenvalue weighted by atomic mass is 32.1. The number of fused-ring (bicyclic) bond motifs is 1. The largest absolute Gasteiger partial charge is 0.252 e. The van der Waals surface area contributed by atoms with Crippen molar-refractivity contribution in [1.82, 2.24) is 25.0 Å². The van der Waals surface area contributed by atoms with Gasteiger partial charge in [-0.15, -0.1) is 16.4 Å². The lowest BCUT2D eigenvalue weighted by molar-refractivity contribution is 0.736. The number of rotatable bonds is 2. The van der Waals surface area contributed by atoms with Gasteiger partial charge in [-0.25, -0.2) is 9.67 Å². The Morgan fingerprint density at radius 3 is 2.91 bits per heavy atom. The first-order chi connectivity index (χ1) is 10.7. The van der Waals surface area contributed by atoms with E-state index in [-0.39, 0.29) is 0 Å². The predicted molar refractivity (Wildman–Crippen MR) is 87.6 cm³/mol. The molecular formula is C16H13N5S. The van der Waals surface area contributed by atoms with E-state index in [2.05, 4.69) is 26.3 Å². The van der Waals surface area contributed by atoms with Crippen LogP contribution in [0.5, 0.6) is 0 Å². The van der Waals surface area contributed by atoms with Crippen LogP contribution in [0.1, 0.15) is 5.69 Å². The highest BCUT2D eigenvalue weighted by Crippen LogP contribution is 2.34. The molecule has 1 aromatic carbocycles. The summed E-state index contributed by atoms with van der Waals surface area (Å²) < 4.78 is 1.77. The molecule has 5 nitrogen and oxygen atoms in total. The zero-order valence-corrected chi connectivity index (χ0v) is 13.0. The Morgan fingerprint density at radius 2 is 2.05 bits per heavy atom. The Morgan fingerprint density at radius 1 is 1.14 bits per heavy atom. The highest BCUT2D eigenvalue weighted by molar-refractivity contribution is 7.13. The molecule has 0 spiro atoms. The molecule has 0 amide bonds. The smallest absolute Gasteiger partial charge is 0.113 e.